The topological polar surface area (TPSA) is 72.5 Å². The molecule has 0 unspecified atom stereocenters. The smallest absolute Gasteiger partial charge is 0.224 e. The second-order valence-electron chi connectivity index (χ2n) is 5.37. The van der Waals surface area contributed by atoms with Crippen molar-refractivity contribution in [2.75, 3.05) is 18.2 Å². The zero-order valence-corrected chi connectivity index (χ0v) is 15.8. The van der Waals surface area contributed by atoms with Gasteiger partial charge in [0, 0.05) is 18.4 Å². The molecule has 25 heavy (non-hydrogen) atoms. The van der Waals surface area contributed by atoms with Crippen LogP contribution >= 0.6 is 23.2 Å². The summed E-state index contributed by atoms with van der Waals surface area (Å²) in [5.74, 6) is 0.395. The third-order valence-corrected chi connectivity index (χ3v) is 5.14. The summed E-state index contributed by atoms with van der Waals surface area (Å²) >= 11 is 11.7. The Balaban J connectivity index is 1.75. The lowest BCUT2D eigenvalue weighted by Gasteiger charge is -2.08. The van der Waals surface area contributed by atoms with E-state index in [2.05, 4.69) is 5.32 Å². The van der Waals surface area contributed by atoms with Gasteiger partial charge in [-0.2, -0.15) is 0 Å². The van der Waals surface area contributed by atoms with Gasteiger partial charge in [-0.1, -0.05) is 23.2 Å². The van der Waals surface area contributed by atoms with Crippen molar-refractivity contribution in [3.05, 3.63) is 52.5 Å². The van der Waals surface area contributed by atoms with Gasteiger partial charge in [-0.3, -0.25) is 4.79 Å². The molecule has 0 spiro atoms. The number of hydrogen-bond acceptors (Lipinski definition) is 4. The minimum absolute atomic E-state index is 0.158. The lowest BCUT2D eigenvalue weighted by Crippen LogP contribution is -2.12. The summed E-state index contributed by atoms with van der Waals surface area (Å²) in [5.41, 5.74) is 0.580. The number of rotatable bonds is 7. The molecule has 0 heterocycles. The third-order valence-electron chi connectivity index (χ3n) is 3.27. The van der Waals surface area contributed by atoms with Crippen molar-refractivity contribution in [3.8, 4) is 5.75 Å². The van der Waals surface area contributed by atoms with Crippen molar-refractivity contribution in [1.29, 1.82) is 0 Å². The van der Waals surface area contributed by atoms with Crippen LogP contribution in [0.5, 0.6) is 5.75 Å². The van der Waals surface area contributed by atoms with Gasteiger partial charge in [-0.05, 0) is 48.9 Å². The summed E-state index contributed by atoms with van der Waals surface area (Å²) in [6.45, 7) is 0.340. The maximum atomic E-state index is 11.9. The highest BCUT2D eigenvalue weighted by molar-refractivity contribution is 7.90. The average molecular weight is 402 g/mol. The Morgan fingerprint density at radius 1 is 1.08 bits per heavy atom. The van der Waals surface area contributed by atoms with E-state index in [0.29, 0.717) is 34.5 Å². The zero-order valence-electron chi connectivity index (χ0n) is 13.5. The number of carbonyl (C=O) groups excluding carboxylic acids is 1. The number of benzene rings is 2. The van der Waals surface area contributed by atoms with E-state index in [1.165, 1.54) is 12.1 Å². The molecule has 0 aliphatic rings. The fourth-order valence-electron chi connectivity index (χ4n) is 2.00. The maximum absolute atomic E-state index is 11.9. The molecule has 1 N–H and O–H groups in total. The average Bonchev–Trinajstić information content (AvgIpc) is 2.55. The lowest BCUT2D eigenvalue weighted by molar-refractivity contribution is -0.116. The van der Waals surface area contributed by atoms with Gasteiger partial charge in [0.05, 0.1) is 21.5 Å². The van der Waals surface area contributed by atoms with Gasteiger partial charge in [-0.25, -0.2) is 8.42 Å². The summed E-state index contributed by atoms with van der Waals surface area (Å²) in [6, 6.07) is 11.0. The highest BCUT2D eigenvalue weighted by Crippen LogP contribution is 2.25. The molecule has 2 rings (SSSR count). The number of halogens is 2. The first-order chi connectivity index (χ1) is 11.8. The molecule has 0 aliphatic heterocycles. The van der Waals surface area contributed by atoms with E-state index >= 15 is 0 Å². The van der Waals surface area contributed by atoms with Crippen LogP contribution in [0, 0.1) is 0 Å². The molecular formula is C17H17Cl2NO4S. The first-order valence-corrected chi connectivity index (χ1v) is 10.1. The number of carbonyl (C=O) groups is 1. The van der Waals surface area contributed by atoms with Crippen molar-refractivity contribution in [1.82, 2.24) is 0 Å². The van der Waals surface area contributed by atoms with E-state index < -0.39 is 9.84 Å². The Hall–Kier alpha value is -1.76. The number of amides is 1. The monoisotopic (exact) mass is 401 g/mol. The number of anilines is 1. The summed E-state index contributed by atoms with van der Waals surface area (Å²) in [6.07, 6.45) is 1.94. The predicted molar refractivity (Wildman–Crippen MR) is 99.4 cm³/mol. The molecule has 8 heteroatoms. The Morgan fingerprint density at radius 3 is 2.36 bits per heavy atom. The van der Waals surface area contributed by atoms with Crippen molar-refractivity contribution in [3.63, 3.8) is 0 Å². The Kier molecular flexibility index (Phi) is 6.70. The maximum Gasteiger partial charge on any atom is 0.224 e. The molecular weight excluding hydrogens is 385 g/mol. The van der Waals surface area contributed by atoms with Gasteiger partial charge in [0.1, 0.15) is 5.75 Å². The Morgan fingerprint density at radius 2 is 1.76 bits per heavy atom. The second-order valence-corrected chi connectivity index (χ2v) is 8.20. The normalized spacial score (nSPS) is 11.2. The molecule has 0 saturated carbocycles. The van der Waals surface area contributed by atoms with Crippen LogP contribution < -0.4 is 10.1 Å². The fraction of sp³-hybridized carbons (Fsp3) is 0.235. The van der Waals surface area contributed by atoms with Gasteiger partial charge in [0.25, 0.3) is 0 Å². The van der Waals surface area contributed by atoms with Crippen LogP contribution in [0.15, 0.2) is 47.4 Å². The summed E-state index contributed by atoms with van der Waals surface area (Å²) in [7, 11) is -3.22. The van der Waals surface area contributed by atoms with Crippen LogP contribution in [0.4, 0.5) is 5.69 Å². The van der Waals surface area contributed by atoms with E-state index in [4.69, 9.17) is 27.9 Å². The highest BCUT2D eigenvalue weighted by Gasteiger charge is 2.07. The van der Waals surface area contributed by atoms with E-state index in [0.717, 1.165) is 6.26 Å². The number of ether oxygens (including phenoxy) is 1. The largest absolute Gasteiger partial charge is 0.494 e. The number of hydrogen-bond donors (Lipinski definition) is 1. The summed E-state index contributed by atoms with van der Waals surface area (Å²) in [4.78, 5) is 12.1. The van der Waals surface area contributed by atoms with Crippen molar-refractivity contribution in [2.24, 2.45) is 0 Å². The van der Waals surface area contributed by atoms with E-state index in [9.17, 15) is 13.2 Å². The minimum atomic E-state index is -3.22. The fourth-order valence-corrected chi connectivity index (χ4v) is 2.93. The van der Waals surface area contributed by atoms with Gasteiger partial charge in [0.2, 0.25) is 5.91 Å². The molecule has 5 nitrogen and oxygen atoms in total. The van der Waals surface area contributed by atoms with Crippen LogP contribution in [0.3, 0.4) is 0 Å². The van der Waals surface area contributed by atoms with Crippen LogP contribution in [-0.2, 0) is 14.6 Å². The molecule has 0 aromatic heterocycles. The van der Waals surface area contributed by atoms with Crippen LogP contribution in [0.1, 0.15) is 12.8 Å². The number of nitrogens with one attached hydrogen (secondary N) is 1. The Bertz CT molecular complexity index is 851. The number of sulfone groups is 1. The molecule has 0 aliphatic carbocycles. The molecule has 0 bridgehead atoms. The Labute approximate surface area is 156 Å². The summed E-state index contributed by atoms with van der Waals surface area (Å²) in [5, 5.41) is 3.53. The van der Waals surface area contributed by atoms with Gasteiger partial charge < -0.3 is 10.1 Å². The van der Waals surface area contributed by atoms with Gasteiger partial charge in [0.15, 0.2) is 9.84 Å². The van der Waals surface area contributed by atoms with Crippen LogP contribution in [0.2, 0.25) is 10.0 Å². The van der Waals surface area contributed by atoms with Gasteiger partial charge in [-0.15, -0.1) is 0 Å². The minimum Gasteiger partial charge on any atom is -0.494 e. The van der Waals surface area contributed by atoms with Crippen molar-refractivity contribution in [2.45, 2.75) is 17.7 Å². The molecule has 0 atom stereocenters. The van der Waals surface area contributed by atoms with Gasteiger partial charge >= 0.3 is 0 Å². The predicted octanol–water partition coefficient (Wildman–Crippen LogP) is 4.19. The van der Waals surface area contributed by atoms with Crippen LogP contribution in [-0.4, -0.2) is 27.2 Å². The zero-order chi connectivity index (χ0) is 18.4. The van der Waals surface area contributed by atoms with E-state index in [1.54, 1.807) is 30.3 Å². The first kappa shape index (κ1) is 19.6. The standard InChI is InChI=1S/C17H17Cl2NO4S/c1-25(22,23)14-7-5-13(6-8-14)24-10-2-3-17(21)20-12-4-9-15(18)16(19)11-12/h4-9,11H,2-3,10H2,1H3,(H,20,21). The van der Waals surface area contributed by atoms with Crippen molar-refractivity contribution < 1.29 is 17.9 Å². The molecule has 2 aromatic rings. The SMILES string of the molecule is CS(=O)(=O)c1ccc(OCCCC(=O)Nc2ccc(Cl)c(Cl)c2)cc1. The first-order valence-electron chi connectivity index (χ1n) is 7.43. The molecule has 1 amide bonds. The van der Waals surface area contributed by atoms with E-state index in [1.807, 2.05) is 0 Å². The second kappa shape index (κ2) is 8.56. The molecule has 2 aromatic carbocycles. The lowest BCUT2D eigenvalue weighted by atomic mass is 10.2. The van der Waals surface area contributed by atoms with E-state index in [-0.39, 0.29) is 17.2 Å². The molecule has 0 fully saturated rings. The summed E-state index contributed by atoms with van der Waals surface area (Å²) < 4.78 is 28.2. The van der Waals surface area contributed by atoms with Crippen molar-refractivity contribution >= 4 is 44.6 Å². The molecule has 0 saturated heterocycles. The quantitative estimate of drug-likeness (QED) is 0.705. The molecule has 134 valence electrons. The molecule has 0 radical (unpaired) electrons. The third kappa shape index (κ3) is 6.23. The highest BCUT2D eigenvalue weighted by atomic mass is 35.5. The van der Waals surface area contributed by atoms with Crippen LogP contribution in [0.25, 0.3) is 0 Å².